The van der Waals surface area contributed by atoms with Crippen molar-refractivity contribution in [2.75, 3.05) is 6.54 Å². The number of hydrogen-bond acceptors (Lipinski definition) is 1. The first kappa shape index (κ1) is 20.7. The first-order chi connectivity index (χ1) is 12.5. The fraction of sp³-hybridized carbons (Fsp3) is 0.182. The third-order valence-corrected chi connectivity index (χ3v) is 5.35. The van der Waals surface area contributed by atoms with Crippen LogP contribution in [0.4, 0.5) is 4.39 Å². The average molecular weight is 479 g/mol. The van der Waals surface area contributed by atoms with Crippen molar-refractivity contribution in [2.45, 2.75) is 20.8 Å². The van der Waals surface area contributed by atoms with E-state index in [1.165, 1.54) is 6.07 Å². The maximum Gasteiger partial charge on any atom is 0.133 e. The monoisotopic (exact) mass is 477 g/mol. The maximum atomic E-state index is 14.7. The highest BCUT2D eigenvalue weighted by Gasteiger charge is 2.27. The molecule has 1 aliphatic heterocycles. The van der Waals surface area contributed by atoms with Crippen LogP contribution in [0.25, 0.3) is 11.3 Å². The second kappa shape index (κ2) is 9.33. The van der Waals surface area contributed by atoms with Crippen molar-refractivity contribution in [3.8, 4) is 0 Å². The Balaban J connectivity index is 0.00000117. The zero-order valence-corrected chi connectivity index (χ0v) is 18.4. The normalized spacial score (nSPS) is 14.0. The smallest absolute Gasteiger partial charge is 0.133 e. The molecule has 0 N–H and O–H groups in total. The van der Waals surface area contributed by atoms with Crippen LogP contribution in [0.5, 0.6) is 0 Å². The average Bonchev–Trinajstić information content (AvgIpc) is 2.66. The minimum Gasteiger partial charge on any atom is -0.340 e. The summed E-state index contributed by atoms with van der Waals surface area (Å²) in [6, 6.07) is 15.0. The molecule has 26 heavy (non-hydrogen) atoms. The van der Waals surface area contributed by atoms with Gasteiger partial charge in [0.2, 0.25) is 0 Å². The van der Waals surface area contributed by atoms with Crippen molar-refractivity contribution in [2.24, 2.45) is 0 Å². The van der Waals surface area contributed by atoms with Gasteiger partial charge in [0.25, 0.3) is 0 Å². The van der Waals surface area contributed by atoms with E-state index in [9.17, 15) is 4.39 Å². The number of benzene rings is 2. The van der Waals surface area contributed by atoms with Crippen LogP contribution >= 0.6 is 31.9 Å². The summed E-state index contributed by atoms with van der Waals surface area (Å²) in [6.45, 7) is 10.9. The van der Waals surface area contributed by atoms with Gasteiger partial charge in [-0.2, -0.15) is 0 Å². The molecule has 1 heterocycles. The van der Waals surface area contributed by atoms with Gasteiger partial charge in [0.05, 0.1) is 5.70 Å². The van der Waals surface area contributed by atoms with E-state index < -0.39 is 0 Å². The van der Waals surface area contributed by atoms with Gasteiger partial charge in [-0.15, -0.1) is 0 Å². The van der Waals surface area contributed by atoms with Crippen molar-refractivity contribution in [1.29, 1.82) is 0 Å². The first-order valence-electron chi connectivity index (χ1n) is 8.62. The molecule has 0 unspecified atom stereocenters. The van der Waals surface area contributed by atoms with Gasteiger partial charge in [-0.1, -0.05) is 56.8 Å². The number of hydrogen-bond donors (Lipinski definition) is 0. The first-order valence-corrected chi connectivity index (χ1v) is 10.2. The molecule has 0 amide bonds. The van der Waals surface area contributed by atoms with E-state index in [1.807, 2.05) is 68.1 Å². The number of allylic oxidation sites excluding steroid dienone is 3. The van der Waals surface area contributed by atoms with Crippen LogP contribution in [-0.4, -0.2) is 11.4 Å². The molecule has 2 aromatic rings. The topological polar surface area (TPSA) is 3.24 Å². The Kier molecular flexibility index (Phi) is 7.42. The van der Waals surface area contributed by atoms with Gasteiger partial charge in [0.1, 0.15) is 5.82 Å². The van der Waals surface area contributed by atoms with Crippen LogP contribution in [0.1, 0.15) is 31.9 Å². The van der Waals surface area contributed by atoms with E-state index in [0.29, 0.717) is 12.1 Å². The lowest BCUT2D eigenvalue weighted by molar-refractivity contribution is 0.522. The van der Waals surface area contributed by atoms with Crippen LogP contribution in [0.2, 0.25) is 0 Å². The molecule has 0 saturated carbocycles. The molecule has 0 aliphatic carbocycles. The van der Waals surface area contributed by atoms with Crippen LogP contribution in [0.15, 0.2) is 75.8 Å². The lowest BCUT2D eigenvalue weighted by Gasteiger charge is -2.34. The Hall–Kier alpha value is -1.65. The zero-order chi connectivity index (χ0) is 19.3. The minimum atomic E-state index is -0.259. The summed E-state index contributed by atoms with van der Waals surface area (Å²) < 4.78 is 16.3. The minimum absolute atomic E-state index is 0.259. The van der Waals surface area contributed by atoms with Gasteiger partial charge in [-0.25, -0.2) is 4.39 Å². The molecule has 0 bridgehead atoms. The summed E-state index contributed by atoms with van der Waals surface area (Å²) in [5.74, 6) is -0.259. The SMILES string of the molecule is C=C1C(Br)=CC(c2ccccc2)=C(c2c(F)cccc2Br)N1CC.CC. The Labute approximate surface area is 172 Å². The van der Waals surface area contributed by atoms with Crippen LogP contribution in [0.3, 0.4) is 0 Å². The van der Waals surface area contributed by atoms with E-state index >= 15 is 0 Å². The largest absolute Gasteiger partial charge is 0.340 e. The number of nitrogens with zero attached hydrogens (tertiary/aromatic N) is 1. The summed E-state index contributed by atoms with van der Waals surface area (Å²) in [5.41, 5.74) is 4.19. The predicted octanol–water partition coefficient (Wildman–Crippen LogP) is 7.61. The number of halogens is 3. The van der Waals surface area contributed by atoms with E-state index in [2.05, 4.69) is 38.4 Å². The van der Waals surface area contributed by atoms with Crippen LogP contribution in [-0.2, 0) is 0 Å². The van der Waals surface area contributed by atoms with E-state index in [1.54, 1.807) is 6.07 Å². The number of likely N-dealkylation sites (N-methyl/N-ethyl adjacent to an activating group) is 1. The molecule has 0 saturated heterocycles. The highest BCUT2D eigenvalue weighted by Crippen LogP contribution is 2.43. The van der Waals surface area contributed by atoms with Crippen molar-refractivity contribution < 1.29 is 4.39 Å². The van der Waals surface area contributed by atoms with Gasteiger partial charge in [0, 0.05) is 32.3 Å². The lowest BCUT2D eigenvalue weighted by Crippen LogP contribution is -2.25. The van der Waals surface area contributed by atoms with Gasteiger partial charge in [-0.3, -0.25) is 0 Å². The van der Waals surface area contributed by atoms with Crippen molar-refractivity contribution in [3.05, 3.63) is 92.8 Å². The fourth-order valence-corrected chi connectivity index (χ4v) is 3.84. The molecule has 0 radical (unpaired) electrons. The standard InChI is InChI=1S/C20H16Br2FN.C2H6/c1-3-24-13(2)17(22)12-15(14-8-5-4-6-9-14)20(24)19-16(21)10-7-11-18(19)23;1-2/h4-12H,2-3H2,1H3;1-2H3. The molecule has 0 aromatic heterocycles. The number of rotatable bonds is 3. The third-order valence-electron chi connectivity index (χ3n) is 4.00. The molecule has 0 fully saturated rings. The second-order valence-corrected chi connectivity index (χ2v) is 7.12. The molecule has 3 rings (SSSR count). The zero-order valence-electron chi connectivity index (χ0n) is 15.2. The lowest BCUT2D eigenvalue weighted by atomic mass is 9.94. The van der Waals surface area contributed by atoms with Crippen molar-refractivity contribution >= 4 is 43.1 Å². The molecule has 1 nitrogen and oxygen atoms in total. The highest BCUT2D eigenvalue weighted by molar-refractivity contribution is 9.12. The van der Waals surface area contributed by atoms with E-state index in [4.69, 9.17) is 0 Å². The molecule has 0 atom stereocenters. The summed E-state index contributed by atoms with van der Waals surface area (Å²) >= 11 is 7.10. The fourth-order valence-electron chi connectivity index (χ4n) is 2.87. The van der Waals surface area contributed by atoms with Gasteiger partial charge in [-0.05, 0) is 62.6 Å². The quantitative estimate of drug-likeness (QED) is 0.438. The van der Waals surface area contributed by atoms with Crippen LogP contribution in [0, 0.1) is 5.82 Å². The Morgan fingerprint density at radius 1 is 1.00 bits per heavy atom. The van der Waals surface area contributed by atoms with E-state index in [-0.39, 0.29) is 5.82 Å². The predicted molar refractivity (Wildman–Crippen MR) is 117 cm³/mol. The molecule has 136 valence electrons. The molecule has 0 spiro atoms. The van der Waals surface area contributed by atoms with Crippen molar-refractivity contribution in [3.63, 3.8) is 0 Å². The summed E-state index contributed by atoms with van der Waals surface area (Å²) in [4.78, 5) is 2.04. The second-order valence-electron chi connectivity index (χ2n) is 5.41. The van der Waals surface area contributed by atoms with Crippen LogP contribution < -0.4 is 0 Å². The Morgan fingerprint density at radius 2 is 1.65 bits per heavy atom. The summed E-state index contributed by atoms with van der Waals surface area (Å²) in [5, 5.41) is 0. The third kappa shape index (κ3) is 4.02. The molecular weight excluding hydrogens is 457 g/mol. The molecular formula is C22H22Br2FN. The molecule has 1 aliphatic rings. The molecule has 2 aromatic carbocycles. The maximum absolute atomic E-state index is 14.7. The van der Waals surface area contributed by atoms with Gasteiger partial charge < -0.3 is 4.90 Å². The van der Waals surface area contributed by atoms with Crippen molar-refractivity contribution in [1.82, 2.24) is 4.90 Å². The van der Waals surface area contributed by atoms with Gasteiger partial charge >= 0.3 is 0 Å². The highest BCUT2D eigenvalue weighted by atomic mass is 79.9. The summed E-state index contributed by atoms with van der Waals surface area (Å²) in [7, 11) is 0. The Morgan fingerprint density at radius 3 is 2.23 bits per heavy atom. The van der Waals surface area contributed by atoms with Gasteiger partial charge in [0.15, 0.2) is 0 Å². The van der Waals surface area contributed by atoms with E-state index in [0.717, 1.165) is 31.5 Å². The molecule has 4 heteroatoms. The Bertz CT molecular complexity index is 833. The summed E-state index contributed by atoms with van der Waals surface area (Å²) in [6.07, 6.45) is 2.01.